The molecule has 0 aromatic heterocycles. The molecular weight excluding hydrogens is 563 g/mol. The first-order valence-corrected chi connectivity index (χ1v) is 12.8. The molecule has 0 fully saturated rings. The van der Waals surface area contributed by atoms with E-state index in [1.54, 1.807) is 6.92 Å². The average molecular weight is 587 g/mol. The van der Waals surface area contributed by atoms with Crippen molar-refractivity contribution in [3.8, 4) is 17.2 Å². The molecule has 2 amide bonds. The Morgan fingerprint density at radius 1 is 1.05 bits per heavy atom. The highest BCUT2D eigenvalue weighted by Crippen LogP contribution is 2.39. The quantitative estimate of drug-likeness (QED) is 0.231. The van der Waals surface area contributed by atoms with Crippen LogP contribution < -0.4 is 15.4 Å². The summed E-state index contributed by atoms with van der Waals surface area (Å²) in [5, 5.41) is 15.7. The monoisotopic (exact) mass is 586 g/mol. The molecular formula is C28H24Cl2N2O8. The molecule has 0 spiro atoms. The fourth-order valence-electron chi connectivity index (χ4n) is 3.73. The van der Waals surface area contributed by atoms with E-state index in [9.17, 15) is 19.5 Å². The van der Waals surface area contributed by atoms with Crippen LogP contribution in [0.15, 0.2) is 72.7 Å². The number of ether oxygens (including phenoxy) is 4. The lowest BCUT2D eigenvalue weighted by molar-refractivity contribution is -0.152. The maximum absolute atomic E-state index is 13.2. The zero-order chi connectivity index (χ0) is 28.6. The van der Waals surface area contributed by atoms with E-state index in [1.165, 1.54) is 36.6 Å². The zero-order valence-electron chi connectivity index (χ0n) is 21.1. The van der Waals surface area contributed by atoms with Crippen molar-refractivity contribution in [2.75, 3.05) is 18.7 Å². The van der Waals surface area contributed by atoms with Crippen molar-refractivity contribution in [3.05, 3.63) is 93.9 Å². The van der Waals surface area contributed by atoms with Crippen molar-refractivity contribution in [1.29, 1.82) is 0 Å². The number of benzene rings is 3. The summed E-state index contributed by atoms with van der Waals surface area (Å²) in [5.74, 6) is -2.30. The number of esters is 1. The van der Waals surface area contributed by atoms with Gasteiger partial charge in [-0.3, -0.25) is 9.59 Å². The first-order chi connectivity index (χ1) is 19.2. The van der Waals surface area contributed by atoms with Crippen LogP contribution in [-0.4, -0.2) is 42.3 Å². The largest absolute Gasteiger partial charge is 0.507 e. The van der Waals surface area contributed by atoms with E-state index in [4.69, 9.17) is 37.4 Å². The Labute approximate surface area is 239 Å². The molecule has 40 heavy (non-hydrogen) atoms. The smallest absolute Gasteiger partial charge is 0.397 e. The molecule has 1 aliphatic heterocycles. The molecule has 1 heterocycles. The van der Waals surface area contributed by atoms with Crippen LogP contribution in [-0.2, 0) is 30.2 Å². The number of amides is 2. The number of aromatic hydroxyl groups is 1. The number of halogens is 2. The third kappa shape index (κ3) is 7.16. The van der Waals surface area contributed by atoms with E-state index in [0.717, 1.165) is 5.56 Å². The number of phenols is 1. The molecule has 10 nitrogen and oxygen atoms in total. The van der Waals surface area contributed by atoms with Gasteiger partial charge in [0.1, 0.15) is 17.8 Å². The summed E-state index contributed by atoms with van der Waals surface area (Å²) in [6.45, 7) is 1.65. The number of carbonyl (C=O) groups excluding carboxylic acids is 3. The van der Waals surface area contributed by atoms with Crippen molar-refractivity contribution in [2.24, 2.45) is 0 Å². The fraction of sp³-hybridized carbons (Fsp3) is 0.179. The highest BCUT2D eigenvalue weighted by Gasteiger charge is 2.25. The molecule has 0 saturated carbocycles. The minimum atomic E-state index is -1.06. The summed E-state index contributed by atoms with van der Waals surface area (Å²) in [6, 6.07) is 15.6. The molecule has 1 aliphatic rings. The number of nitrogens with one attached hydrogen (secondary N) is 2. The van der Waals surface area contributed by atoms with E-state index in [1.807, 2.05) is 30.3 Å². The van der Waals surface area contributed by atoms with Crippen LogP contribution >= 0.6 is 23.2 Å². The maximum Gasteiger partial charge on any atom is 0.397 e. The molecule has 3 aromatic carbocycles. The minimum Gasteiger partial charge on any atom is -0.507 e. The first kappa shape index (κ1) is 28.6. The molecule has 3 N–H and O–H groups in total. The van der Waals surface area contributed by atoms with Crippen molar-refractivity contribution in [2.45, 2.75) is 19.4 Å². The third-order valence-corrected chi connectivity index (χ3v) is 6.14. The second-order valence-corrected chi connectivity index (χ2v) is 9.20. The van der Waals surface area contributed by atoms with Crippen LogP contribution in [0.4, 0.5) is 5.69 Å². The van der Waals surface area contributed by atoms with Crippen molar-refractivity contribution < 1.29 is 38.4 Å². The van der Waals surface area contributed by atoms with Gasteiger partial charge >= 0.3 is 11.9 Å². The normalized spacial score (nSPS) is 12.8. The van der Waals surface area contributed by atoms with Gasteiger partial charge in [0.2, 0.25) is 6.79 Å². The number of carbonyl (C=O) groups is 3. The average Bonchev–Trinajstić information content (AvgIpc) is 3.47. The zero-order valence-corrected chi connectivity index (χ0v) is 22.6. The standard InChI is InChI=1S/C28H24Cl2N2O8/c1-2-38-28(36)27(35)31-17-11-20(29)25(21(30)12-17)40-18-8-9-23(33)19(13-18)26(34)32-22(24-14-37-15-39-24)10-16-6-4-3-5-7-16/h3-9,11-14,22,33H,2,10,15H2,1H3,(H,31,35)(H,32,34). The summed E-state index contributed by atoms with van der Waals surface area (Å²) in [5.41, 5.74) is 1.03. The topological polar surface area (TPSA) is 132 Å². The van der Waals surface area contributed by atoms with Gasteiger partial charge in [0.25, 0.3) is 5.91 Å². The number of anilines is 1. The first-order valence-electron chi connectivity index (χ1n) is 12.0. The lowest BCUT2D eigenvalue weighted by Gasteiger charge is -2.19. The molecule has 0 bridgehead atoms. The second kappa shape index (κ2) is 13.1. The van der Waals surface area contributed by atoms with Crippen LogP contribution in [0.2, 0.25) is 10.0 Å². The number of hydrogen-bond acceptors (Lipinski definition) is 8. The minimum absolute atomic E-state index is 0.0129. The predicted octanol–water partition coefficient (Wildman–Crippen LogP) is 5.18. The molecule has 1 unspecified atom stereocenters. The van der Waals surface area contributed by atoms with Gasteiger partial charge in [-0.05, 0) is 42.8 Å². The van der Waals surface area contributed by atoms with Gasteiger partial charge in [-0.25, -0.2) is 4.79 Å². The second-order valence-electron chi connectivity index (χ2n) is 8.39. The molecule has 1 atom stereocenters. The molecule has 0 radical (unpaired) electrons. The van der Waals surface area contributed by atoms with Gasteiger partial charge in [-0.1, -0.05) is 53.5 Å². The number of rotatable bonds is 9. The summed E-state index contributed by atoms with van der Waals surface area (Å²) in [4.78, 5) is 36.7. The van der Waals surface area contributed by atoms with Gasteiger partial charge in [0.05, 0.1) is 28.3 Å². The predicted molar refractivity (Wildman–Crippen MR) is 146 cm³/mol. The van der Waals surface area contributed by atoms with Crippen LogP contribution in [0.3, 0.4) is 0 Å². The van der Waals surface area contributed by atoms with E-state index in [-0.39, 0.29) is 51.9 Å². The summed E-state index contributed by atoms with van der Waals surface area (Å²) >= 11 is 12.6. The molecule has 4 rings (SSSR count). The maximum atomic E-state index is 13.2. The SMILES string of the molecule is CCOC(=O)C(=O)Nc1cc(Cl)c(Oc2ccc(O)c(C(=O)NC(Cc3ccccc3)C3=COCO3)c2)c(Cl)c1. The molecule has 12 heteroatoms. The van der Waals surface area contributed by atoms with Gasteiger partial charge in [0.15, 0.2) is 11.5 Å². The van der Waals surface area contributed by atoms with Crippen LogP contribution in [0.1, 0.15) is 22.8 Å². The Morgan fingerprint density at radius 3 is 2.42 bits per heavy atom. The Kier molecular flexibility index (Phi) is 9.36. The van der Waals surface area contributed by atoms with E-state index >= 15 is 0 Å². The van der Waals surface area contributed by atoms with E-state index < -0.39 is 23.8 Å². The number of phenolic OH excluding ortho intramolecular Hbond substituents is 1. The fourth-order valence-corrected chi connectivity index (χ4v) is 4.29. The van der Waals surface area contributed by atoms with Crippen LogP contribution in [0.5, 0.6) is 17.2 Å². The van der Waals surface area contributed by atoms with E-state index in [0.29, 0.717) is 12.2 Å². The highest BCUT2D eigenvalue weighted by molar-refractivity contribution is 6.39. The van der Waals surface area contributed by atoms with Gasteiger partial charge < -0.3 is 34.7 Å². The summed E-state index contributed by atoms with van der Waals surface area (Å²) < 4.78 is 21.1. The van der Waals surface area contributed by atoms with Crippen LogP contribution in [0.25, 0.3) is 0 Å². The Balaban J connectivity index is 1.51. The molecule has 0 aliphatic carbocycles. The third-order valence-electron chi connectivity index (χ3n) is 5.57. The lowest BCUT2D eigenvalue weighted by Crippen LogP contribution is -2.38. The van der Waals surface area contributed by atoms with Gasteiger partial charge in [0, 0.05) is 12.1 Å². The molecule has 208 valence electrons. The Morgan fingerprint density at radius 2 is 1.77 bits per heavy atom. The highest BCUT2D eigenvalue weighted by atomic mass is 35.5. The van der Waals surface area contributed by atoms with Gasteiger partial charge in [-0.2, -0.15) is 0 Å². The lowest BCUT2D eigenvalue weighted by atomic mass is 10.0. The van der Waals surface area contributed by atoms with E-state index in [2.05, 4.69) is 15.4 Å². The van der Waals surface area contributed by atoms with Crippen molar-refractivity contribution >= 4 is 46.7 Å². The molecule has 3 aromatic rings. The summed E-state index contributed by atoms with van der Waals surface area (Å²) in [6.07, 6.45) is 1.86. The van der Waals surface area contributed by atoms with Crippen LogP contribution in [0, 0.1) is 0 Å². The number of hydrogen-bond donors (Lipinski definition) is 3. The summed E-state index contributed by atoms with van der Waals surface area (Å²) in [7, 11) is 0. The van der Waals surface area contributed by atoms with Crippen molar-refractivity contribution in [3.63, 3.8) is 0 Å². The van der Waals surface area contributed by atoms with Crippen molar-refractivity contribution in [1.82, 2.24) is 5.32 Å². The Hall–Kier alpha value is -4.41. The Bertz CT molecular complexity index is 1420. The van der Waals surface area contributed by atoms with Gasteiger partial charge in [-0.15, -0.1) is 0 Å². The molecule has 0 saturated heterocycles.